The van der Waals surface area contributed by atoms with Gasteiger partial charge in [-0.05, 0) is 11.6 Å². The van der Waals surface area contributed by atoms with Gasteiger partial charge in [-0.1, -0.05) is 25.1 Å². The molecule has 1 aromatic carbocycles. The van der Waals surface area contributed by atoms with Gasteiger partial charge in [-0.15, -0.1) is 0 Å². The Labute approximate surface area is 61.1 Å². The summed E-state index contributed by atoms with van der Waals surface area (Å²) in [5.41, 5.74) is 2.78. The summed E-state index contributed by atoms with van der Waals surface area (Å²) in [7, 11) is 0. The highest BCUT2D eigenvalue weighted by atomic mass is 14.9. The third kappa shape index (κ3) is 0.703. The Balaban J connectivity index is 2.51. The molecular formula is C9H11N. The first-order valence-corrected chi connectivity index (χ1v) is 3.71. The molecule has 1 aliphatic heterocycles. The zero-order valence-electron chi connectivity index (χ0n) is 6.09. The molecule has 0 spiro atoms. The Hall–Kier alpha value is -0.980. The summed E-state index contributed by atoms with van der Waals surface area (Å²) < 4.78 is 0. The Morgan fingerprint density at radius 3 is 3.00 bits per heavy atom. The van der Waals surface area contributed by atoms with Crippen molar-refractivity contribution in [3.8, 4) is 0 Å². The van der Waals surface area contributed by atoms with Gasteiger partial charge < -0.3 is 5.32 Å². The molecule has 0 unspecified atom stereocenters. The third-order valence-corrected chi connectivity index (χ3v) is 2.09. The van der Waals surface area contributed by atoms with Crippen LogP contribution >= 0.6 is 0 Å². The van der Waals surface area contributed by atoms with Crippen LogP contribution in [0.1, 0.15) is 18.4 Å². The number of anilines is 1. The highest BCUT2D eigenvalue weighted by molar-refractivity contribution is 5.57. The Bertz CT molecular complexity index is 242. The molecule has 0 aromatic heterocycles. The van der Waals surface area contributed by atoms with Gasteiger partial charge in [0.1, 0.15) is 0 Å². The summed E-state index contributed by atoms with van der Waals surface area (Å²) in [6, 6.07) is 8.50. The monoisotopic (exact) mass is 133 g/mol. The summed E-state index contributed by atoms with van der Waals surface area (Å²) in [5.74, 6) is 0.691. The lowest BCUT2D eigenvalue weighted by Crippen LogP contribution is -1.95. The van der Waals surface area contributed by atoms with Gasteiger partial charge in [-0.3, -0.25) is 0 Å². The van der Waals surface area contributed by atoms with Crippen molar-refractivity contribution in [2.75, 3.05) is 11.9 Å². The summed E-state index contributed by atoms with van der Waals surface area (Å²) >= 11 is 0. The molecule has 1 N–H and O–H groups in total. The molecule has 10 heavy (non-hydrogen) atoms. The third-order valence-electron chi connectivity index (χ3n) is 2.09. The van der Waals surface area contributed by atoms with Gasteiger partial charge in [-0.25, -0.2) is 0 Å². The molecule has 0 radical (unpaired) electrons. The van der Waals surface area contributed by atoms with Crippen LogP contribution in [-0.4, -0.2) is 6.54 Å². The Morgan fingerprint density at radius 1 is 1.40 bits per heavy atom. The number of fused-ring (bicyclic) bond motifs is 1. The number of rotatable bonds is 0. The van der Waals surface area contributed by atoms with E-state index in [9.17, 15) is 0 Å². The highest BCUT2D eigenvalue weighted by Gasteiger charge is 2.15. The lowest BCUT2D eigenvalue weighted by atomic mass is 10.0. The van der Waals surface area contributed by atoms with Gasteiger partial charge in [0.15, 0.2) is 0 Å². The van der Waals surface area contributed by atoms with E-state index in [0.717, 1.165) is 6.54 Å². The lowest BCUT2D eigenvalue weighted by molar-refractivity contribution is 0.854. The van der Waals surface area contributed by atoms with E-state index in [1.807, 2.05) is 0 Å². The quantitative estimate of drug-likeness (QED) is 0.572. The molecule has 2 rings (SSSR count). The number of hydrogen-bond acceptors (Lipinski definition) is 1. The first kappa shape index (κ1) is 5.78. The molecule has 0 fully saturated rings. The van der Waals surface area contributed by atoms with Gasteiger partial charge >= 0.3 is 0 Å². The van der Waals surface area contributed by atoms with Crippen molar-refractivity contribution in [1.29, 1.82) is 0 Å². The van der Waals surface area contributed by atoms with E-state index < -0.39 is 0 Å². The molecule has 1 aromatic rings. The molecule has 1 heteroatoms. The molecule has 1 atom stereocenters. The van der Waals surface area contributed by atoms with E-state index in [-0.39, 0.29) is 0 Å². The molecule has 0 saturated heterocycles. The first-order chi connectivity index (χ1) is 4.88. The van der Waals surface area contributed by atoms with Gasteiger partial charge in [0.2, 0.25) is 0 Å². The van der Waals surface area contributed by atoms with E-state index in [0.29, 0.717) is 5.92 Å². The summed E-state index contributed by atoms with van der Waals surface area (Å²) in [6.45, 7) is 3.35. The molecule has 0 amide bonds. The lowest BCUT2D eigenvalue weighted by Gasteiger charge is -1.98. The second-order valence-electron chi connectivity index (χ2n) is 2.87. The van der Waals surface area contributed by atoms with Gasteiger partial charge in [0.05, 0.1) is 0 Å². The summed E-state index contributed by atoms with van der Waals surface area (Å²) in [6.07, 6.45) is 0. The van der Waals surface area contributed by atoms with Crippen molar-refractivity contribution in [3.05, 3.63) is 29.8 Å². The number of hydrogen-bond donors (Lipinski definition) is 1. The maximum Gasteiger partial charge on any atom is 0.0376 e. The largest absolute Gasteiger partial charge is 0.384 e. The van der Waals surface area contributed by atoms with Crippen molar-refractivity contribution < 1.29 is 0 Å². The average molecular weight is 133 g/mol. The highest BCUT2D eigenvalue weighted by Crippen LogP contribution is 2.29. The fraction of sp³-hybridized carbons (Fsp3) is 0.333. The molecular weight excluding hydrogens is 122 g/mol. The SMILES string of the molecule is C[C@@H]1CNc2ccccc21. The van der Waals surface area contributed by atoms with Crippen LogP contribution in [0.4, 0.5) is 5.69 Å². The molecule has 0 aliphatic carbocycles. The normalized spacial score (nSPS) is 21.9. The Kier molecular flexibility index (Phi) is 1.16. The molecule has 1 nitrogen and oxygen atoms in total. The average Bonchev–Trinajstić information content (AvgIpc) is 2.34. The Morgan fingerprint density at radius 2 is 2.20 bits per heavy atom. The molecule has 1 heterocycles. The van der Waals surface area contributed by atoms with Crippen LogP contribution in [0.25, 0.3) is 0 Å². The molecule has 1 aliphatic rings. The first-order valence-electron chi connectivity index (χ1n) is 3.71. The second-order valence-corrected chi connectivity index (χ2v) is 2.87. The van der Waals surface area contributed by atoms with Crippen LogP contribution in [0.2, 0.25) is 0 Å². The van der Waals surface area contributed by atoms with Gasteiger partial charge in [0.25, 0.3) is 0 Å². The standard InChI is InChI=1S/C9H11N/c1-7-6-10-9-5-3-2-4-8(7)9/h2-5,7,10H,6H2,1H3/t7-/m1/s1. The fourth-order valence-corrected chi connectivity index (χ4v) is 1.46. The van der Waals surface area contributed by atoms with Crippen molar-refractivity contribution in [2.45, 2.75) is 12.8 Å². The fourth-order valence-electron chi connectivity index (χ4n) is 1.46. The van der Waals surface area contributed by atoms with Crippen LogP contribution in [0.15, 0.2) is 24.3 Å². The van der Waals surface area contributed by atoms with E-state index >= 15 is 0 Å². The minimum absolute atomic E-state index is 0.691. The van der Waals surface area contributed by atoms with Crippen molar-refractivity contribution in [1.82, 2.24) is 0 Å². The van der Waals surface area contributed by atoms with Crippen molar-refractivity contribution in [2.24, 2.45) is 0 Å². The van der Waals surface area contributed by atoms with Crippen molar-refractivity contribution in [3.63, 3.8) is 0 Å². The van der Waals surface area contributed by atoms with E-state index in [4.69, 9.17) is 0 Å². The predicted molar refractivity (Wildman–Crippen MR) is 43.3 cm³/mol. The summed E-state index contributed by atoms with van der Waals surface area (Å²) in [4.78, 5) is 0. The predicted octanol–water partition coefficient (Wildman–Crippen LogP) is 2.22. The smallest absolute Gasteiger partial charge is 0.0376 e. The second kappa shape index (κ2) is 2.01. The van der Waals surface area contributed by atoms with Gasteiger partial charge in [-0.2, -0.15) is 0 Å². The number of benzene rings is 1. The molecule has 0 bridgehead atoms. The van der Waals surface area contributed by atoms with E-state index in [1.54, 1.807) is 0 Å². The minimum Gasteiger partial charge on any atom is -0.384 e. The van der Waals surface area contributed by atoms with E-state index in [1.165, 1.54) is 11.3 Å². The molecule has 0 saturated carbocycles. The minimum atomic E-state index is 0.691. The van der Waals surface area contributed by atoms with Crippen LogP contribution in [0.5, 0.6) is 0 Å². The van der Waals surface area contributed by atoms with Crippen LogP contribution in [0, 0.1) is 0 Å². The topological polar surface area (TPSA) is 12.0 Å². The van der Waals surface area contributed by atoms with Crippen LogP contribution < -0.4 is 5.32 Å². The van der Waals surface area contributed by atoms with Crippen LogP contribution in [-0.2, 0) is 0 Å². The zero-order valence-corrected chi connectivity index (χ0v) is 6.09. The maximum atomic E-state index is 3.35. The zero-order chi connectivity index (χ0) is 6.97. The van der Waals surface area contributed by atoms with E-state index in [2.05, 4.69) is 36.5 Å². The summed E-state index contributed by atoms with van der Waals surface area (Å²) in [5, 5.41) is 3.35. The number of nitrogens with one attached hydrogen (secondary N) is 1. The molecule has 52 valence electrons. The van der Waals surface area contributed by atoms with Crippen LogP contribution in [0.3, 0.4) is 0 Å². The maximum absolute atomic E-state index is 3.35. The number of para-hydroxylation sites is 1. The van der Waals surface area contributed by atoms with Crippen molar-refractivity contribution >= 4 is 5.69 Å². The van der Waals surface area contributed by atoms with Gasteiger partial charge in [0, 0.05) is 18.2 Å².